The lowest BCUT2D eigenvalue weighted by Gasteiger charge is -2.18. The Balaban J connectivity index is 0.823. The fourth-order valence-corrected chi connectivity index (χ4v) is 15.3. The molecule has 1 nitrogen and oxygen atoms in total. The number of furan rings is 1. The Morgan fingerprint density at radius 2 is 0.519 bits per heavy atom. The molecular weight excluding hydrogens is 993 g/mol. The van der Waals surface area contributed by atoms with Crippen LogP contribution in [0.25, 0.3) is 172 Å². The highest BCUT2D eigenvalue weighted by Gasteiger charge is 2.23. The largest absolute Gasteiger partial charge is 0.455 e. The molecule has 0 unspecified atom stereocenters. The molecule has 0 saturated carbocycles. The van der Waals surface area contributed by atoms with E-state index < -0.39 is 0 Å². The summed E-state index contributed by atoms with van der Waals surface area (Å²) >= 11 is 3.74. The average Bonchev–Trinajstić information content (AvgIpc) is 4.42. The second kappa shape index (κ2) is 17.4. The normalized spacial score (nSPS) is 12.1. The third kappa shape index (κ3) is 6.87. The zero-order chi connectivity index (χ0) is 51.7. The van der Waals surface area contributed by atoms with Gasteiger partial charge in [-0.25, -0.2) is 0 Å². The van der Waals surface area contributed by atoms with Crippen molar-refractivity contribution in [3.05, 3.63) is 267 Å². The van der Waals surface area contributed by atoms with Crippen LogP contribution >= 0.6 is 22.7 Å². The van der Waals surface area contributed by atoms with Gasteiger partial charge < -0.3 is 4.42 Å². The van der Waals surface area contributed by atoms with Gasteiger partial charge in [-0.1, -0.05) is 206 Å². The molecule has 0 N–H and O–H groups in total. The Hall–Kier alpha value is -9.64. The molecule has 17 rings (SSSR count). The predicted octanol–water partition coefficient (Wildman–Crippen LogP) is 22.9. The Morgan fingerprint density at radius 1 is 0.203 bits per heavy atom. The SMILES string of the molecule is c1ccc(-c2ccc3sc4ccc(-c5c6ccccc6c(-c6ccc7oc8c(-c9c%10ccccc%10c(-c%10ccc%11sc%12ccc(-c%13ccccc%13)cc%12c%11c%10)c%10ccccc9%10)cccc8c7c6)c6ccccc56)cc4c3c2)cc1. The summed E-state index contributed by atoms with van der Waals surface area (Å²) in [6, 6.07) is 98.9. The number of benzene rings is 14. The van der Waals surface area contributed by atoms with Gasteiger partial charge in [0.1, 0.15) is 11.2 Å². The van der Waals surface area contributed by atoms with Crippen molar-refractivity contribution in [2.75, 3.05) is 0 Å². The first-order valence-electron chi connectivity index (χ1n) is 27.0. The molecule has 3 heteroatoms. The first kappa shape index (κ1) is 44.5. The van der Waals surface area contributed by atoms with E-state index >= 15 is 0 Å². The summed E-state index contributed by atoms with van der Waals surface area (Å²) in [5.74, 6) is 0. The summed E-state index contributed by atoms with van der Waals surface area (Å²) in [4.78, 5) is 0. The second-order valence-electron chi connectivity index (χ2n) is 21.0. The van der Waals surface area contributed by atoms with Crippen molar-refractivity contribution in [2.24, 2.45) is 0 Å². The number of hydrogen-bond donors (Lipinski definition) is 0. The smallest absolute Gasteiger partial charge is 0.143 e. The Kier molecular flexibility index (Phi) is 9.82. The van der Waals surface area contributed by atoms with E-state index in [-0.39, 0.29) is 0 Å². The van der Waals surface area contributed by atoms with Crippen LogP contribution in [0.5, 0.6) is 0 Å². The van der Waals surface area contributed by atoms with Crippen LogP contribution in [0.15, 0.2) is 271 Å². The van der Waals surface area contributed by atoms with E-state index in [1.54, 1.807) is 0 Å². The number of hydrogen-bond acceptors (Lipinski definition) is 3. The van der Waals surface area contributed by atoms with E-state index in [0.717, 1.165) is 27.5 Å². The number of fused-ring (bicyclic) bond motifs is 13. The van der Waals surface area contributed by atoms with Gasteiger partial charge in [-0.05, 0) is 159 Å². The number of para-hydroxylation sites is 1. The Bertz CT molecular complexity index is 5250. The van der Waals surface area contributed by atoms with Crippen LogP contribution < -0.4 is 0 Å². The molecule has 0 fully saturated rings. The molecule has 0 aliphatic heterocycles. The molecule has 14 aromatic carbocycles. The molecule has 0 amide bonds. The van der Waals surface area contributed by atoms with Gasteiger partial charge >= 0.3 is 0 Å². The summed E-state index contributed by atoms with van der Waals surface area (Å²) in [5, 5.41) is 17.2. The highest BCUT2D eigenvalue weighted by atomic mass is 32.1. The predicted molar refractivity (Wildman–Crippen MR) is 342 cm³/mol. The zero-order valence-electron chi connectivity index (χ0n) is 42.6. The van der Waals surface area contributed by atoms with Crippen molar-refractivity contribution in [3.8, 4) is 66.8 Å². The monoisotopic (exact) mass is 1040 g/mol. The highest BCUT2D eigenvalue weighted by Crippen LogP contribution is 2.50. The van der Waals surface area contributed by atoms with Crippen molar-refractivity contribution in [2.45, 2.75) is 0 Å². The lowest BCUT2D eigenvalue weighted by atomic mass is 9.85. The average molecular weight is 1040 g/mol. The molecule has 0 spiro atoms. The summed E-state index contributed by atoms with van der Waals surface area (Å²) in [6.45, 7) is 0. The lowest BCUT2D eigenvalue weighted by Crippen LogP contribution is -1.91. The molecule has 17 aromatic rings. The van der Waals surface area contributed by atoms with Gasteiger partial charge in [0.05, 0.1) is 0 Å². The van der Waals surface area contributed by atoms with Crippen LogP contribution in [-0.2, 0) is 0 Å². The topological polar surface area (TPSA) is 13.1 Å². The van der Waals surface area contributed by atoms with Crippen LogP contribution in [0.4, 0.5) is 0 Å². The van der Waals surface area contributed by atoms with Gasteiger partial charge in [0, 0.05) is 62.2 Å². The Labute approximate surface area is 463 Å². The molecule has 0 saturated heterocycles. The van der Waals surface area contributed by atoms with E-state index in [1.165, 1.54) is 145 Å². The molecule has 0 bridgehead atoms. The van der Waals surface area contributed by atoms with E-state index in [2.05, 4.69) is 267 Å². The standard InChI is InChI=1S/C76H44OS2/c1-3-16-45(17-4-1)47-31-36-68-63(40-47)65-43-50(33-38-70(65)78-68)73-54-22-9-7-20-52(54)72(53-21-8-10-23-55(53)73)49-30-35-67-62(42-49)60-28-15-29-61(76(60)77-67)75-58-26-13-11-24-56(58)74(57-25-12-14-27-59(57)75)51-34-39-71-66(44-51)64-41-48(32-37-69(64)79-71)46-18-5-2-6-19-46/h1-44H. The summed E-state index contributed by atoms with van der Waals surface area (Å²) in [5.41, 5.74) is 16.3. The van der Waals surface area contributed by atoms with Gasteiger partial charge in [0.25, 0.3) is 0 Å². The van der Waals surface area contributed by atoms with Gasteiger partial charge in [-0.3, -0.25) is 0 Å². The van der Waals surface area contributed by atoms with E-state index in [4.69, 9.17) is 4.42 Å². The minimum atomic E-state index is 0.875. The summed E-state index contributed by atoms with van der Waals surface area (Å²) < 4.78 is 12.3. The van der Waals surface area contributed by atoms with E-state index in [0.29, 0.717) is 0 Å². The maximum Gasteiger partial charge on any atom is 0.143 e. The van der Waals surface area contributed by atoms with Crippen molar-refractivity contribution >= 4 is 128 Å². The summed E-state index contributed by atoms with van der Waals surface area (Å²) in [7, 11) is 0. The van der Waals surface area contributed by atoms with Gasteiger partial charge in [-0.15, -0.1) is 22.7 Å². The molecule has 79 heavy (non-hydrogen) atoms. The molecule has 3 heterocycles. The molecule has 3 aromatic heterocycles. The van der Waals surface area contributed by atoms with Gasteiger partial charge in [0.2, 0.25) is 0 Å². The quantitative estimate of drug-likeness (QED) is 0.151. The first-order valence-corrected chi connectivity index (χ1v) is 28.7. The molecule has 0 atom stereocenters. The molecule has 0 aliphatic rings. The molecule has 0 radical (unpaired) electrons. The fraction of sp³-hybridized carbons (Fsp3) is 0. The van der Waals surface area contributed by atoms with E-state index in [1.807, 2.05) is 22.7 Å². The van der Waals surface area contributed by atoms with Crippen molar-refractivity contribution < 1.29 is 4.42 Å². The summed E-state index contributed by atoms with van der Waals surface area (Å²) in [6.07, 6.45) is 0. The highest BCUT2D eigenvalue weighted by molar-refractivity contribution is 7.26. The molecule has 366 valence electrons. The van der Waals surface area contributed by atoms with Crippen LogP contribution in [0.1, 0.15) is 0 Å². The second-order valence-corrected chi connectivity index (χ2v) is 23.1. The molecule has 0 aliphatic carbocycles. The van der Waals surface area contributed by atoms with Crippen LogP contribution in [0, 0.1) is 0 Å². The third-order valence-electron chi connectivity index (χ3n) is 16.6. The number of thiophene rings is 2. The lowest BCUT2D eigenvalue weighted by molar-refractivity contribution is 0.670. The van der Waals surface area contributed by atoms with Crippen molar-refractivity contribution in [3.63, 3.8) is 0 Å². The first-order chi connectivity index (χ1) is 39.2. The van der Waals surface area contributed by atoms with Crippen LogP contribution in [-0.4, -0.2) is 0 Å². The minimum absolute atomic E-state index is 0.875. The maximum absolute atomic E-state index is 7.11. The van der Waals surface area contributed by atoms with Gasteiger partial charge in [-0.2, -0.15) is 0 Å². The minimum Gasteiger partial charge on any atom is -0.455 e. The third-order valence-corrected chi connectivity index (χ3v) is 19.0. The maximum atomic E-state index is 7.11. The Morgan fingerprint density at radius 3 is 0.924 bits per heavy atom. The van der Waals surface area contributed by atoms with E-state index in [9.17, 15) is 0 Å². The van der Waals surface area contributed by atoms with Crippen LogP contribution in [0.2, 0.25) is 0 Å². The fourth-order valence-electron chi connectivity index (χ4n) is 13.1. The van der Waals surface area contributed by atoms with Gasteiger partial charge in [0.15, 0.2) is 0 Å². The van der Waals surface area contributed by atoms with Crippen molar-refractivity contribution in [1.82, 2.24) is 0 Å². The number of rotatable bonds is 6. The van der Waals surface area contributed by atoms with Crippen LogP contribution in [0.3, 0.4) is 0 Å². The van der Waals surface area contributed by atoms with Crippen molar-refractivity contribution in [1.29, 1.82) is 0 Å². The molecular formula is C76H44OS2. The zero-order valence-corrected chi connectivity index (χ0v) is 44.3.